The van der Waals surface area contributed by atoms with Gasteiger partial charge in [0.05, 0.1) is 18.0 Å². The molecule has 144 valence electrons. The fraction of sp³-hybridized carbons (Fsp3) is 0.263. The van der Waals surface area contributed by atoms with Crippen LogP contribution in [-0.2, 0) is 19.6 Å². The number of carbonyl (C=O) groups is 2. The molecule has 27 heavy (non-hydrogen) atoms. The molecular weight excluding hydrogens is 366 g/mol. The molecule has 0 aliphatic heterocycles. The van der Waals surface area contributed by atoms with Crippen molar-refractivity contribution in [3.63, 3.8) is 0 Å². The lowest BCUT2D eigenvalue weighted by Gasteiger charge is -2.21. The Morgan fingerprint density at radius 3 is 2.11 bits per heavy atom. The molecule has 0 heterocycles. The maximum Gasteiger partial charge on any atom is 0.243 e. The monoisotopic (exact) mass is 389 g/mol. The molecule has 0 atom stereocenters. The lowest BCUT2D eigenvalue weighted by molar-refractivity contribution is -0.133. The Kier molecular flexibility index (Phi) is 6.70. The molecule has 0 fully saturated rings. The zero-order chi connectivity index (χ0) is 20.0. The van der Waals surface area contributed by atoms with E-state index in [1.807, 2.05) is 13.0 Å². The predicted molar refractivity (Wildman–Crippen MR) is 104 cm³/mol. The van der Waals surface area contributed by atoms with Crippen molar-refractivity contribution < 1.29 is 18.0 Å². The van der Waals surface area contributed by atoms with Crippen LogP contribution in [0.15, 0.2) is 59.5 Å². The topological polar surface area (TPSA) is 86.8 Å². The summed E-state index contributed by atoms with van der Waals surface area (Å²) in [5, 5.41) is 2.68. The minimum atomic E-state index is -3.78. The van der Waals surface area contributed by atoms with Crippen molar-refractivity contribution in [2.75, 3.05) is 32.5 Å². The Labute approximate surface area is 159 Å². The zero-order valence-electron chi connectivity index (χ0n) is 15.5. The van der Waals surface area contributed by atoms with Gasteiger partial charge in [0.1, 0.15) is 0 Å². The second kappa shape index (κ2) is 8.79. The molecule has 7 nitrogen and oxygen atoms in total. The molecule has 0 saturated heterocycles. The van der Waals surface area contributed by atoms with E-state index in [9.17, 15) is 18.0 Å². The van der Waals surface area contributed by atoms with Crippen molar-refractivity contribution in [3.8, 4) is 0 Å². The van der Waals surface area contributed by atoms with E-state index in [1.165, 1.54) is 31.1 Å². The summed E-state index contributed by atoms with van der Waals surface area (Å²) in [6.45, 7) is 1.33. The highest BCUT2D eigenvalue weighted by molar-refractivity contribution is 7.89. The Morgan fingerprint density at radius 2 is 1.52 bits per heavy atom. The number of anilines is 1. The van der Waals surface area contributed by atoms with Crippen LogP contribution < -0.4 is 5.32 Å². The molecule has 0 aromatic heterocycles. The Bertz CT molecular complexity index is 896. The van der Waals surface area contributed by atoms with E-state index >= 15 is 0 Å². The maximum absolute atomic E-state index is 12.5. The van der Waals surface area contributed by atoms with E-state index in [0.29, 0.717) is 5.69 Å². The van der Waals surface area contributed by atoms with Gasteiger partial charge in [-0.1, -0.05) is 35.9 Å². The van der Waals surface area contributed by atoms with Crippen molar-refractivity contribution in [2.24, 2.45) is 0 Å². The number of rotatable bonds is 7. The second-order valence-corrected chi connectivity index (χ2v) is 8.28. The first-order valence-electron chi connectivity index (χ1n) is 8.32. The van der Waals surface area contributed by atoms with Crippen molar-refractivity contribution in [2.45, 2.75) is 11.8 Å². The molecular formula is C19H23N3O4S. The Morgan fingerprint density at radius 1 is 0.926 bits per heavy atom. The number of para-hydroxylation sites is 1. The number of nitrogens with zero attached hydrogens (tertiary/aromatic N) is 2. The van der Waals surface area contributed by atoms with Crippen molar-refractivity contribution >= 4 is 27.5 Å². The molecule has 0 saturated carbocycles. The third-order valence-corrected chi connectivity index (χ3v) is 5.77. The van der Waals surface area contributed by atoms with Crippen LogP contribution in [-0.4, -0.2) is 56.6 Å². The number of sulfonamides is 1. The van der Waals surface area contributed by atoms with Gasteiger partial charge in [-0.15, -0.1) is 0 Å². The minimum Gasteiger partial charge on any atom is -0.335 e. The van der Waals surface area contributed by atoms with Gasteiger partial charge in [0, 0.05) is 19.8 Å². The van der Waals surface area contributed by atoms with E-state index in [2.05, 4.69) is 5.32 Å². The highest BCUT2D eigenvalue weighted by Crippen LogP contribution is 2.15. The van der Waals surface area contributed by atoms with Gasteiger partial charge in [-0.05, 0) is 31.2 Å². The van der Waals surface area contributed by atoms with Crippen LogP contribution in [0.1, 0.15) is 5.56 Å². The first-order valence-corrected chi connectivity index (χ1v) is 9.76. The summed E-state index contributed by atoms with van der Waals surface area (Å²) in [6.07, 6.45) is 0. The summed E-state index contributed by atoms with van der Waals surface area (Å²) in [5.41, 5.74) is 1.57. The molecule has 0 bridgehead atoms. The van der Waals surface area contributed by atoms with Gasteiger partial charge in [-0.2, -0.15) is 4.31 Å². The van der Waals surface area contributed by atoms with E-state index in [4.69, 9.17) is 0 Å². The van der Waals surface area contributed by atoms with Gasteiger partial charge in [0.25, 0.3) is 0 Å². The number of hydrogen-bond donors (Lipinski definition) is 1. The molecule has 2 amide bonds. The lowest BCUT2D eigenvalue weighted by Crippen LogP contribution is -2.42. The van der Waals surface area contributed by atoms with Crippen LogP contribution in [0.2, 0.25) is 0 Å². The number of amides is 2. The van der Waals surface area contributed by atoms with E-state index < -0.39 is 15.9 Å². The molecule has 0 aliphatic carbocycles. The minimum absolute atomic E-state index is 0.118. The average Bonchev–Trinajstić information content (AvgIpc) is 2.62. The molecule has 2 aromatic carbocycles. The third kappa shape index (κ3) is 5.63. The van der Waals surface area contributed by atoms with Crippen LogP contribution in [0.5, 0.6) is 0 Å². The van der Waals surface area contributed by atoms with Gasteiger partial charge in [0.15, 0.2) is 0 Å². The summed E-state index contributed by atoms with van der Waals surface area (Å²) in [7, 11) is -0.980. The molecule has 8 heteroatoms. The summed E-state index contributed by atoms with van der Waals surface area (Å²) in [4.78, 5) is 25.7. The maximum atomic E-state index is 12.5. The average molecular weight is 389 g/mol. The number of nitrogens with one attached hydrogen (secondary N) is 1. The van der Waals surface area contributed by atoms with E-state index in [-0.39, 0.29) is 23.9 Å². The SMILES string of the molecule is Cc1ccc(S(=O)(=O)N(C)CC(=O)N(C)CC(=O)Nc2ccccc2)cc1. The Balaban J connectivity index is 1.94. The fourth-order valence-corrected chi connectivity index (χ4v) is 3.43. The van der Waals surface area contributed by atoms with Crippen LogP contribution >= 0.6 is 0 Å². The summed E-state index contributed by atoms with van der Waals surface area (Å²) >= 11 is 0. The van der Waals surface area contributed by atoms with Crippen LogP contribution in [0.3, 0.4) is 0 Å². The van der Waals surface area contributed by atoms with Crippen LogP contribution in [0.4, 0.5) is 5.69 Å². The normalized spacial score (nSPS) is 11.3. The van der Waals surface area contributed by atoms with Crippen molar-refractivity contribution in [1.82, 2.24) is 9.21 Å². The van der Waals surface area contributed by atoms with Crippen molar-refractivity contribution in [1.29, 1.82) is 0 Å². The van der Waals surface area contributed by atoms with Gasteiger partial charge in [0.2, 0.25) is 21.8 Å². The first kappa shape index (κ1) is 20.6. The molecule has 0 aliphatic rings. The summed E-state index contributed by atoms with van der Waals surface area (Å²) < 4.78 is 26.1. The second-order valence-electron chi connectivity index (χ2n) is 6.24. The molecule has 2 aromatic rings. The number of benzene rings is 2. The lowest BCUT2D eigenvalue weighted by atomic mass is 10.2. The predicted octanol–water partition coefficient (Wildman–Crippen LogP) is 1.71. The first-order chi connectivity index (χ1) is 12.7. The smallest absolute Gasteiger partial charge is 0.243 e. The van der Waals surface area contributed by atoms with Gasteiger partial charge in [-0.25, -0.2) is 8.42 Å². The van der Waals surface area contributed by atoms with Crippen molar-refractivity contribution in [3.05, 3.63) is 60.2 Å². The molecule has 1 N–H and O–H groups in total. The molecule has 2 rings (SSSR count). The standard InChI is InChI=1S/C19H23N3O4S/c1-15-9-11-17(12-10-15)27(25,26)22(3)14-19(24)21(2)13-18(23)20-16-7-5-4-6-8-16/h4-12H,13-14H2,1-3H3,(H,20,23). The molecule has 0 unspecified atom stereocenters. The van der Waals surface area contributed by atoms with E-state index in [1.54, 1.807) is 36.4 Å². The number of hydrogen-bond acceptors (Lipinski definition) is 4. The highest BCUT2D eigenvalue weighted by atomic mass is 32.2. The van der Waals surface area contributed by atoms with Gasteiger partial charge >= 0.3 is 0 Å². The Hall–Kier alpha value is -2.71. The van der Waals surface area contributed by atoms with E-state index in [0.717, 1.165) is 9.87 Å². The van der Waals surface area contributed by atoms with Gasteiger partial charge in [-0.3, -0.25) is 9.59 Å². The van der Waals surface area contributed by atoms with Crippen LogP contribution in [0, 0.1) is 6.92 Å². The highest BCUT2D eigenvalue weighted by Gasteiger charge is 2.24. The number of aryl methyl sites for hydroxylation is 1. The molecule has 0 spiro atoms. The quantitative estimate of drug-likeness (QED) is 0.781. The van der Waals surface area contributed by atoms with Crippen LogP contribution in [0.25, 0.3) is 0 Å². The largest absolute Gasteiger partial charge is 0.335 e. The summed E-state index contributed by atoms with van der Waals surface area (Å²) in [5.74, 6) is -0.836. The van der Waals surface area contributed by atoms with Gasteiger partial charge < -0.3 is 10.2 Å². The zero-order valence-corrected chi connectivity index (χ0v) is 16.4. The third-order valence-electron chi connectivity index (χ3n) is 3.95. The summed E-state index contributed by atoms with van der Waals surface area (Å²) in [6, 6.07) is 15.3. The molecule has 0 radical (unpaired) electrons. The fourth-order valence-electron chi connectivity index (χ4n) is 2.31. The number of likely N-dealkylation sites (N-methyl/N-ethyl adjacent to an activating group) is 2. The number of carbonyl (C=O) groups excluding carboxylic acids is 2.